The van der Waals surface area contributed by atoms with E-state index in [1.165, 1.54) is 12.8 Å². The standard InChI is InChI=1S/C12H24N2O/c1-4-13-10-5-7-11(8-6-10)14-12(15)9(2)3/h9-11,13H,4-8H2,1-3H3,(H,14,15). The van der Waals surface area contributed by atoms with Gasteiger partial charge in [0, 0.05) is 18.0 Å². The Hall–Kier alpha value is -0.570. The second kappa shape index (κ2) is 6.11. The summed E-state index contributed by atoms with van der Waals surface area (Å²) in [5.41, 5.74) is 0. The van der Waals surface area contributed by atoms with Crippen molar-refractivity contribution in [1.29, 1.82) is 0 Å². The maximum Gasteiger partial charge on any atom is 0.222 e. The lowest BCUT2D eigenvalue weighted by molar-refractivity contribution is -0.124. The molecule has 1 aliphatic carbocycles. The van der Waals surface area contributed by atoms with Crippen molar-refractivity contribution in [3.8, 4) is 0 Å². The van der Waals surface area contributed by atoms with E-state index < -0.39 is 0 Å². The molecular formula is C12H24N2O. The molecule has 1 fully saturated rings. The van der Waals surface area contributed by atoms with E-state index in [0.29, 0.717) is 12.1 Å². The molecule has 0 atom stereocenters. The fourth-order valence-electron chi connectivity index (χ4n) is 2.10. The summed E-state index contributed by atoms with van der Waals surface area (Å²) in [4.78, 5) is 11.5. The van der Waals surface area contributed by atoms with Crippen LogP contribution in [0, 0.1) is 5.92 Å². The normalized spacial score (nSPS) is 26.7. The predicted molar refractivity (Wildman–Crippen MR) is 62.7 cm³/mol. The summed E-state index contributed by atoms with van der Waals surface area (Å²) in [6.07, 6.45) is 4.63. The van der Waals surface area contributed by atoms with Gasteiger partial charge >= 0.3 is 0 Å². The lowest BCUT2D eigenvalue weighted by Crippen LogP contribution is -2.43. The summed E-state index contributed by atoms with van der Waals surface area (Å²) in [5.74, 6) is 0.304. The number of hydrogen-bond donors (Lipinski definition) is 2. The molecule has 0 heterocycles. The van der Waals surface area contributed by atoms with Crippen molar-refractivity contribution in [3.05, 3.63) is 0 Å². The van der Waals surface area contributed by atoms with Gasteiger partial charge in [-0.3, -0.25) is 4.79 Å². The van der Waals surface area contributed by atoms with Gasteiger partial charge in [0.1, 0.15) is 0 Å². The van der Waals surface area contributed by atoms with Crippen molar-refractivity contribution in [2.75, 3.05) is 6.54 Å². The SMILES string of the molecule is CCNC1CCC(NC(=O)C(C)C)CC1. The summed E-state index contributed by atoms with van der Waals surface area (Å²) in [5, 5.41) is 6.58. The zero-order valence-corrected chi connectivity index (χ0v) is 10.2. The molecule has 3 heteroatoms. The zero-order chi connectivity index (χ0) is 11.3. The third kappa shape index (κ3) is 4.20. The lowest BCUT2D eigenvalue weighted by atomic mass is 9.91. The Morgan fingerprint density at radius 2 is 1.73 bits per heavy atom. The summed E-state index contributed by atoms with van der Waals surface area (Å²) in [6.45, 7) is 7.08. The number of hydrogen-bond acceptors (Lipinski definition) is 2. The van der Waals surface area contributed by atoms with Crippen LogP contribution in [0.1, 0.15) is 46.5 Å². The van der Waals surface area contributed by atoms with Crippen LogP contribution >= 0.6 is 0 Å². The maximum atomic E-state index is 11.5. The first-order chi connectivity index (χ1) is 7.13. The van der Waals surface area contributed by atoms with Crippen molar-refractivity contribution in [2.24, 2.45) is 5.92 Å². The maximum absolute atomic E-state index is 11.5. The van der Waals surface area contributed by atoms with Crippen molar-refractivity contribution < 1.29 is 4.79 Å². The lowest BCUT2D eigenvalue weighted by Gasteiger charge is -2.29. The van der Waals surface area contributed by atoms with Gasteiger partial charge < -0.3 is 10.6 Å². The first kappa shape index (κ1) is 12.5. The van der Waals surface area contributed by atoms with Gasteiger partial charge in [0.05, 0.1) is 0 Å². The predicted octanol–water partition coefficient (Wildman–Crippen LogP) is 1.68. The third-order valence-electron chi connectivity index (χ3n) is 3.09. The number of nitrogens with one attached hydrogen (secondary N) is 2. The summed E-state index contributed by atoms with van der Waals surface area (Å²) in [6, 6.07) is 1.08. The summed E-state index contributed by atoms with van der Waals surface area (Å²) >= 11 is 0. The fourth-order valence-corrected chi connectivity index (χ4v) is 2.10. The van der Waals surface area contributed by atoms with E-state index in [0.717, 1.165) is 19.4 Å². The Morgan fingerprint density at radius 1 is 1.20 bits per heavy atom. The van der Waals surface area contributed by atoms with Gasteiger partial charge in [0.25, 0.3) is 0 Å². The number of amides is 1. The zero-order valence-electron chi connectivity index (χ0n) is 10.2. The van der Waals surface area contributed by atoms with Gasteiger partial charge in [-0.15, -0.1) is 0 Å². The van der Waals surface area contributed by atoms with Gasteiger partial charge in [-0.05, 0) is 32.2 Å². The van der Waals surface area contributed by atoms with E-state index >= 15 is 0 Å². The number of rotatable bonds is 4. The minimum absolute atomic E-state index is 0.108. The molecule has 0 aromatic rings. The first-order valence-corrected chi connectivity index (χ1v) is 6.17. The Bertz CT molecular complexity index is 196. The van der Waals surface area contributed by atoms with E-state index in [1.807, 2.05) is 13.8 Å². The van der Waals surface area contributed by atoms with Crippen LogP contribution in [-0.4, -0.2) is 24.5 Å². The minimum atomic E-state index is 0.108. The van der Waals surface area contributed by atoms with Gasteiger partial charge in [0.2, 0.25) is 5.91 Å². The highest BCUT2D eigenvalue weighted by Crippen LogP contribution is 2.18. The third-order valence-corrected chi connectivity index (χ3v) is 3.09. The second-order valence-electron chi connectivity index (χ2n) is 4.77. The highest BCUT2D eigenvalue weighted by Gasteiger charge is 2.22. The molecule has 0 spiro atoms. The van der Waals surface area contributed by atoms with Crippen LogP contribution in [0.15, 0.2) is 0 Å². The van der Waals surface area contributed by atoms with Crippen molar-refractivity contribution >= 4 is 5.91 Å². The first-order valence-electron chi connectivity index (χ1n) is 6.17. The van der Waals surface area contributed by atoms with E-state index in [1.54, 1.807) is 0 Å². The van der Waals surface area contributed by atoms with Crippen LogP contribution in [0.2, 0.25) is 0 Å². The molecule has 1 rings (SSSR count). The van der Waals surface area contributed by atoms with Gasteiger partial charge in [-0.2, -0.15) is 0 Å². The number of carbonyl (C=O) groups is 1. The van der Waals surface area contributed by atoms with Gasteiger partial charge in [-0.1, -0.05) is 20.8 Å². The molecule has 0 aliphatic heterocycles. The summed E-state index contributed by atoms with van der Waals surface area (Å²) < 4.78 is 0. The number of carbonyl (C=O) groups excluding carboxylic acids is 1. The monoisotopic (exact) mass is 212 g/mol. The van der Waals surface area contributed by atoms with Crippen LogP contribution in [0.4, 0.5) is 0 Å². The molecule has 15 heavy (non-hydrogen) atoms. The molecule has 0 unspecified atom stereocenters. The topological polar surface area (TPSA) is 41.1 Å². The molecule has 0 radical (unpaired) electrons. The Labute approximate surface area is 93.0 Å². The van der Waals surface area contributed by atoms with Gasteiger partial charge in [-0.25, -0.2) is 0 Å². The minimum Gasteiger partial charge on any atom is -0.353 e. The van der Waals surface area contributed by atoms with Crippen LogP contribution in [0.5, 0.6) is 0 Å². The van der Waals surface area contributed by atoms with Crippen molar-refractivity contribution in [2.45, 2.75) is 58.5 Å². The van der Waals surface area contributed by atoms with E-state index in [4.69, 9.17) is 0 Å². The fraction of sp³-hybridized carbons (Fsp3) is 0.917. The van der Waals surface area contributed by atoms with Crippen LogP contribution in [0.25, 0.3) is 0 Å². The molecule has 3 nitrogen and oxygen atoms in total. The molecule has 1 amide bonds. The molecule has 1 saturated carbocycles. The molecule has 0 saturated heterocycles. The van der Waals surface area contributed by atoms with E-state index in [9.17, 15) is 4.79 Å². The van der Waals surface area contributed by atoms with E-state index in [-0.39, 0.29) is 11.8 Å². The summed E-state index contributed by atoms with van der Waals surface area (Å²) in [7, 11) is 0. The van der Waals surface area contributed by atoms with Crippen LogP contribution in [0.3, 0.4) is 0 Å². The van der Waals surface area contributed by atoms with Crippen molar-refractivity contribution in [1.82, 2.24) is 10.6 Å². The quantitative estimate of drug-likeness (QED) is 0.744. The Kier molecular flexibility index (Phi) is 5.09. The molecule has 0 aromatic carbocycles. The molecule has 1 aliphatic rings. The Balaban J connectivity index is 2.22. The molecule has 0 aromatic heterocycles. The van der Waals surface area contributed by atoms with Crippen molar-refractivity contribution in [3.63, 3.8) is 0 Å². The van der Waals surface area contributed by atoms with Crippen LogP contribution in [-0.2, 0) is 4.79 Å². The molecule has 2 N–H and O–H groups in total. The average Bonchev–Trinajstić information content (AvgIpc) is 2.21. The smallest absolute Gasteiger partial charge is 0.222 e. The molecule has 0 bridgehead atoms. The highest BCUT2D eigenvalue weighted by atomic mass is 16.1. The highest BCUT2D eigenvalue weighted by molar-refractivity contribution is 5.78. The Morgan fingerprint density at radius 3 is 2.20 bits per heavy atom. The average molecular weight is 212 g/mol. The molecular weight excluding hydrogens is 188 g/mol. The van der Waals surface area contributed by atoms with Gasteiger partial charge in [0.15, 0.2) is 0 Å². The largest absolute Gasteiger partial charge is 0.353 e. The molecule has 88 valence electrons. The van der Waals surface area contributed by atoms with Crippen LogP contribution < -0.4 is 10.6 Å². The second-order valence-corrected chi connectivity index (χ2v) is 4.77. The van der Waals surface area contributed by atoms with E-state index in [2.05, 4.69) is 17.6 Å².